The van der Waals surface area contributed by atoms with E-state index in [-0.39, 0.29) is 11.8 Å². The van der Waals surface area contributed by atoms with Gasteiger partial charge in [-0.3, -0.25) is 4.79 Å². The molecule has 1 aromatic heterocycles. The van der Waals surface area contributed by atoms with Crippen LogP contribution in [0.15, 0.2) is 40.7 Å². The highest BCUT2D eigenvalue weighted by molar-refractivity contribution is 7.98. The first-order chi connectivity index (χ1) is 12.1. The van der Waals surface area contributed by atoms with E-state index < -0.39 is 0 Å². The molecular formula is C18H20N4O2S. The molecule has 2 aliphatic rings. The van der Waals surface area contributed by atoms with Crippen molar-refractivity contribution in [2.75, 3.05) is 18.7 Å². The van der Waals surface area contributed by atoms with Gasteiger partial charge in [-0.15, -0.1) is 5.10 Å². The second-order valence-electron chi connectivity index (χ2n) is 6.50. The lowest BCUT2D eigenvalue weighted by atomic mass is 9.81. The molecule has 0 bridgehead atoms. The highest BCUT2D eigenvalue weighted by Gasteiger charge is 2.38. The molecule has 2 heterocycles. The number of rotatable bonds is 3. The average Bonchev–Trinajstić information content (AvgIpc) is 3.02. The largest absolute Gasteiger partial charge is 0.497 e. The topological polar surface area (TPSA) is 69.0 Å². The molecule has 130 valence electrons. The molecule has 2 aromatic rings. The van der Waals surface area contributed by atoms with Crippen LogP contribution in [0.4, 0.5) is 5.95 Å². The van der Waals surface area contributed by atoms with Gasteiger partial charge < -0.3 is 10.1 Å². The smallest absolute Gasteiger partial charge is 0.227 e. The second-order valence-corrected chi connectivity index (χ2v) is 7.27. The zero-order valence-corrected chi connectivity index (χ0v) is 15.3. The molecular weight excluding hydrogens is 336 g/mol. The summed E-state index contributed by atoms with van der Waals surface area (Å²) in [6, 6.07) is 7.56. The SMILES string of the molecule is COc1cccc([C@@H]2C3=C(C[C@H](C)CC3=O)Nc3nc(SC)nn32)c1. The summed E-state index contributed by atoms with van der Waals surface area (Å²) in [7, 11) is 1.65. The molecule has 0 saturated carbocycles. The number of nitrogens with one attached hydrogen (secondary N) is 1. The number of benzene rings is 1. The number of Topliss-reactive ketones (excluding diaryl/α,β-unsaturated/α-hetero) is 1. The molecule has 1 aliphatic carbocycles. The highest BCUT2D eigenvalue weighted by atomic mass is 32.2. The minimum absolute atomic E-state index is 0.181. The molecule has 1 aliphatic heterocycles. The predicted octanol–water partition coefficient (Wildman–Crippen LogP) is 3.28. The molecule has 0 amide bonds. The van der Waals surface area contributed by atoms with Crippen LogP contribution < -0.4 is 10.1 Å². The number of aromatic nitrogens is 3. The Morgan fingerprint density at radius 2 is 2.20 bits per heavy atom. The monoisotopic (exact) mass is 356 g/mol. The number of anilines is 1. The van der Waals surface area contributed by atoms with Crippen molar-refractivity contribution in [2.45, 2.75) is 31.0 Å². The summed E-state index contributed by atoms with van der Waals surface area (Å²) in [5.41, 5.74) is 2.76. The number of ether oxygens (including phenoxy) is 1. The first-order valence-electron chi connectivity index (χ1n) is 8.28. The number of fused-ring (bicyclic) bond motifs is 1. The van der Waals surface area contributed by atoms with Gasteiger partial charge in [-0.1, -0.05) is 30.8 Å². The Balaban J connectivity index is 1.90. The molecule has 0 radical (unpaired) electrons. The van der Waals surface area contributed by atoms with Gasteiger partial charge in [-0.2, -0.15) is 4.98 Å². The summed E-state index contributed by atoms with van der Waals surface area (Å²) < 4.78 is 7.20. The third-order valence-corrected chi connectivity index (χ3v) is 5.23. The third kappa shape index (κ3) is 2.72. The van der Waals surface area contributed by atoms with E-state index >= 15 is 0 Å². The fraction of sp³-hybridized carbons (Fsp3) is 0.389. The second kappa shape index (κ2) is 6.22. The summed E-state index contributed by atoms with van der Waals surface area (Å²) in [4.78, 5) is 17.4. The van der Waals surface area contributed by atoms with Gasteiger partial charge in [0, 0.05) is 17.7 Å². The van der Waals surface area contributed by atoms with E-state index in [1.165, 1.54) is 11.8 Å². The van der Waals surface area contributed by atoms with Gasteiger partial charge in [-0.25, -0.2) is 4.68 Å². The Morgan fingerprint density at radius 3 is 2.96 bits per heavy atom. The van der Waals surface area contributed by atoms with Crippen LogP contribution in [-0.2, 0) is 4.79 Å². The number of thioether (sulfide) groups is 1. The average molecular weight is 356 g/mol. The number of ketones is 1. The number of hydrogen-bond acceptors (Lipinski definition) is 6. The lowest BCUT2D eigenvalue weighted by Gasteiger charge is -2.34. The van der Waals surface area contributed by atoms with E-state index in [0.717, 1.165) is 29.0 Å². The Bertz CT molecular complexity index is 874. The van der Waals surface area contributed by atoms with E-state index in [9.17, 15) is 4.79 Å². The summed E-state index contributed by atoms with van der Waals surface area (Å²) >= 11 is 1.49. The van der Waals surface area contributed by atoms with Crippen molar-refractivity contribution in [1.29, 1.82) is 0 Å². The Hall–Kier alpha value is -2.28. The standard InChI is InChI=1S/C18H20N4O2S/c1-10-7-13-15(14(23)8-10)16(11-5-4-6-12(9-11)24-2)22-17(19-13)20-18(21-22)25-3/h4-6,9-10,16H,7-8H2,1-3H3,(H,19,20,21)/t10-,16+/m0/s1. The van der Waals surface area contributed by atoms with E-state index in [4.69, 9.17) is 4.74 Å². The zero-order valence-electron chi connectivity index (χ0n) is 14.4. The summed E-state index contributed by atoms with van der Waals surface area (Å²) in [6.07, 6.45) is 3.37. The fourth-order valence-electron chi connectivity index (χ4n) is 3.59. The first-order valence-corrected chi connectivity index (χ1v) is 9.51. The highest BCUT2D eigenvalue weighted by Crippen LogP contribution is 2.42. The van der Waals surface area contributed by atoms with Crippen LogP contribution in [-0.4, -0.2) is 33.9 Å². The van der Waals surface area contributed by atoms with E-state index in [1.54, 1.807) is 7.11 Å². The van der Waals surface area contributed by atoms with Crippen molar-refractivity contribution < 1.29 is 9.53 Å². The van der Waals surface area contributed by atoms with Crippen molar-refractivity contribution in [3.8, 4) is 5.75 Å². The molecule has 0 unspecified atom stereocenters. The van der Waals surface area contributed by atoms with Crippen LogP contribution in [0.3, 0.4) is 0 Å². The lowest BCUT2D eigenvalue weighted by molar-refractivity contribution is -0.117. The summed E-state index contributed by atoms with van der Waals surface area (Å²) in [5, 5.41) is 8.64. The summed E-state index contributed by atoms with van der Waals surface area (Å²) in [6.45, 7) is 2.11. The van der Waals surface area contributed by atoms with Crippen LogP contribution in [0, 0.1) is 5.92 Å². The maximum absolute atomic E-state index is 12.9. The third-order valence-electron chi connectivity index (χ3n) is 4.70. The van der Waals surface area contributed by atoms with Gasteiger partial charge in [0.25, 0.3) is 0 Å². The molecule has 6 nitrogen and oxygen atoms in total. The number of nitrogens with zero attached hydrogens (tertiary/aromatic N) is 3. The number of hydrogen-bond donors (Lipinski definition) is 1. The predicted molar refractivity (Wildman–Crippen MR) is 97.0 cm³/mol. The molecule has 7 heteroatoms. The quantitative estimate of drug-likeness (QED) is 0.851. The fourth-order valence-corrected chi connectivity index (χ4v) is 3.94. The van der Waals surface area contributed by atoms with Crippen LogP contribution >= 0.6 is 11.8 Å². The van der Waals surface area contributed by atoms with Crippen molar-refractivity contribution in [3.63, 3.8) is 0 Å². The van der Waals surface area contributed by atoms with Gasteiger partial charge in [0.1, 0.15) is 11.8 Å². The first kappa shape index (κ1) is 16.2. The normalized spacial score (nSPS) is 22.3. The zero-order chi connectivity index (χ0) is 17.6. The maximum atomic E-state index is 12.9. The van der Waals surface area contributed by atoms with Gasteiger partial charge in [0.05, 0.1) is 7.11 Å². The molecule has 1 N–H and O–H groups in total. The van der Waals surface area contributed by atoms with E-state index in [0.29, 0.717) is 23.4 Å². The van der Waals surface area contributed by atoms with Crippen LogP contribution in [0.5, 0.6) is 5.75 Å². The van der Waals surface area contributed by atoms with Crippen LogP contribution in [0.25, 0.3) is 0 Å². The number of methoxy groups -OCH3 is 1. The molecule has 0 spiro atoms. The minimum atomic E-state index is -0.269. The maximum Gasteiger partial charge on any atom is 0.227 e. The number of carbonyl (C=O) groups is 1. The van der Waals surface area contributed by atoms with Gasteiger partial charge in [0.15, 0.2) is 5.78 Å². The number of carbonyl (C=O) groups excluding carboxylic acids is 1. The molecule has 0 saturated heterocycles. The Labute approximate surface area is 150 Å². The van der Waals surface area contributed by atoms with Gasteiger partial charge in [0.2, 0.25) is 11.1 Å². The van der Waals surface area contributed by atoms with Gasteiger partial charge >= 0.3 is 0 Å². The van der Waals surface area contributed by atoms with Crippen LogP contribution in [0.1, 0.15) is 31.4 Å². The minimum Gasteiger partial charge on any atom is -0.497 e. The number of allylic oxidation sites excluding steroid dienone is 2. The van der Waals surface area contributed by atoms with Crippen molar-refractivity contribution >= 4 is 23.5 Å². The van der Waals surface area contributed by atoms with Gasteiger partial charge in [-0.05, 0) is 36.3 Å². The van der Waals surface area contributed by atoms with Crippen LogP contribution in [0.2, 0.25) is 0 Å². The van der Waals surface area contributed by atoms with Crippen molar-refractivity contribution in [1.82, 2.24) is 14.8 Å². The molecule has 2 atom stereocenters. The Morgan fingerprint density at radius 1 is 1.36 bits per heavy atom. The van der Waals surface area contributed by atoms with E-state index in [1.807, 2.05) is 35.2 Å². The molecule has 1 aromatic carbocycles. The summed E-state index contributed by atoms with van der Waals surface area (Å²) in [5.74, 6) is 1.97. The molecule has 0 fully saturated rings. The molecule has 4 rings (SSSR count). The lowest BCUT2D eigenvalue weighted by Crippen LogP contribution is -2.33. The molecule has 25 heavy (non-hydrogen) atoms. The van der Waals surface area contributed by atoms with E-state index in [2.05, 4.69) is 22.3 Å². The Kier molecular flexibility index (Phi) is 4.03. The van der Waals surface area contributed by atoms with Crippen molar-refractivity contribution in [2.24, 2.45) is 5.92 Å². The van der Waals surface area contributed by atoms with Crippen molar-refractivity contribution in [3.05, 3.63) is 41.1 Å².